The van der Waals surface area contributed by atoms with Gasteiger partial charge >= 0.3 is 0 Å². The van der Waals surface area contributed by atoms with E-state index in [0.29, 0.717) is 6.04 Å². The van der Waals surface area contributed by atoms with E-state index in [4.69, 9.17) is 0 Å². The van der Waals surface area contributed by atoms with E-state index in [9.17, 15) is 0 Å². The highest BCUT2D eigenvalue weighted by Crippen LogP contribution is 2.37. The van der Waals surface area contributed by atoms with Crippen LogP contribution in [0.15, 0.2) is 0 Å². The maximum absolute atomic E-state index is 3.64. The zero-order chi connectivity index (χ0) is 12.7. The van der Waals surface area contributed by atoms with Gasteiger partial charge in [0.2, 0.25) is 0 Å². The predicted molar refractivity (Wildman–Crippen MR) is 76.4 cm³/mol. The van der Waals surface area contributed by atoms with Gasteiger partial charge in [-0.1, -0.05) is 33.1 Å². The summed E-state index contributed by atoms with van der Waals surface area (Å²) < 4.78 is 0. The third-order valence-corrected chi connectivity index (χ3v) is 4.05. The Labute approximate surface area is 108 Å². The molecule has 0 aromatic carbocycles. The van der Waals surface area contributed by atoms with Crippen LogP contribution < -0.4 is 5.32 Å². The highest BCUT2D eigenvalue weighted by atomic mass is 15.1. The molecule has 0 aromatic heterocycles. The lowest BCUT2D eigenvalue weighted by Crippen LogP contribution is -2.35. The van der Waals surface area contributed by atoms with E-state index in [1.807, 2.05) is 0 Å². The number of nitrogens with one attached hydrogen (secondary N) is 1. The molecule has 0 heterocycles. The molecule has 102 valence electrons. The van der Waals surface area contributed by atoms with Crippen molar-refractivity contribution < 1.29 is 0 Å². The van der Waals surface area contributed by atoms with Crippen LogP contribution in [0.3, 0.4) is 0 Å². The second-order valence-electron chi connectivity index (χ2n) is 6.09. The van der Waals surface area contributed by atoms with Gasteiger partial charge in [0.15, 0.2) is 0 Å². The highest BCUT2D eigenvalue weighted by molar-refractivity contribution is 4.84. The van der Waals surface area contributed by atoms with E-state index in [1.165, 1.54) is 45.2 Å². The summed E-state index contributed by atoms with van der Waals surface area (Å²) in [5.41, 5.74) is 0. The average molecular weight is 240 g/mol. The Kier molecular flexibility index (Phi) is 7.14. The lowest BCUT2D eigenvalue weighted by Gasteiger charge is -2.19. The van der Waals surface area contributed by atoms with Crippen LogP contribution in [0.5, 0.6) is 0 Å². The van der Waals surface area contributed by atoms with Crippen molar-refractivity contribution in [3.63, 3.8) is 0 Å². The van der Waals surface area contributed by atoms with Crippen LogP contribution >= 0.6 is 0 Å². The summed E-state index contributed by atoms with van der Waals surface area (Å²) in [5.74, 6) is 1.97. The molecule has 0 bridgehead atoms. The van der Waals surface area contributed by atoms with Crippen molar-refractivity contribution in [1.82, 2.24) is 10.2 Å². The molecule has 0 amide bonds. The number of nitrogens with zero attached hydrogens (tertiary/aromatic N) is 1. The molecule has 17 heavy (non-hydrogen) atoms. The SMILES string of the molecule is CCCCCC(C)NCCN(C)CC1CC1C. The van der Waals surface area contributed by atoms with Gasteiger partial charge in [-0.2, -0.15) is 0 Å². The van der Waals surface area contributed by atoms with Crippen LogP contribution in [-0.4, -0.2) is 37.6 Å². The van der Waals surface area contributed by atoms with Crippen LogP contribution in [0.4, 0.5) is 0 Å². The first-order valence-corrected chi connectivity index (χ1v) is 7.55. The fraction of sp³-hybridized carbons (Fsp3) is 1.00. The molecule has 3 atom stereocenters. The zero-order valence-corrected chi connectivity index (χ0v) is 12.3. The van der Waals surface area contributed by atoms with Gasteiger partial charge < -0.3 is 10.2 Å². The molecule has 1 N–H and O–H groups in total. The molecule has 0 radical (unpaired) electrons. The van der Waals surface area contributed by atoms with E-state index in [1.54, 1.807) is 0 Å². The topological polar surface area (TPSA) is 15.3 Å². The molecule has 1 saturated carbocycles. The first-order chi connectivity index (χ1) is 8.13. The maximum Gasteiger partial charge on any atom is 0.0104 e. The number of hydrogen-bond donors (Lipinski definition) is 1. The number of hydrogen-bond acceptors (Lipinski definition) is 2. The lowest BCUT2D eigenvalue weighted by molar-refractivity contribution is 0.306. The van der Waals surface area contributed by atoms with Crippen LogP contribution in [0, 0.1) is 11.8 Å². The van der Waals surface area contributed by atoms with E-state index < -0.39 is 0 Å². The molecule has 3 unspecified atom stereocenters. The number of rotatable bonds is 10. The van der Waals surface area contributed by atoms with Crippen molar-refractivity contribution in [2.24, 2.45) is 11.8 Å². The van der Waals surface area contributed by atoms with Crippen molar-refractivity contribution in [2.45, 2.75) is 58.9 Å². The summed E-state index contributed by atoms with van der Waals surface area (Å²) in [6.45, 7) is 10.6. The third-order valence-electron chi connectivity index (χ3n) is 4.05. The second kappa shape index (κ2) is 8.10. The summed E-state index contributed by atoms with van der Waals surface area (Å²) in [5, 5.41) is 3.64. The van der Waals surface area contributed by atoms with Crippen molar-refractivity contribution >= 4 is 0 Å². The smallest absolute Gasteiger partial charge is 0.0104 e. The second-order valence-corrected chi connectivity index (χ2v) is 6.09. The molecule has 2 heteroatoms. The zero-order valence-electron chi connectivity index (χ0n) is 12.3. The normalized spacial score (nSPS) is 25.2. The van der Waals surface area contributed by atoms with Gasteiger partial charge in [0, 0.05) is 25.7 Å². The Morgan fingerprint density at radius 3 is 2.65 bits per heavy atom. The Morgan fingerprint density at radius 1 is 1.35 bits per heavy atom. The molecule has 0 aliphatic heterocycles. The molecular formula is C15H32N2. The summed E-state index contributed by atoms with van der Waals surface area (Å²) >= 11 is 0. The number of unbranched alkanes of at least 4 members (excludes halogenated alkanes) is 2. The van der Waals surface area contributed by atoms with Gasteiger partial charge in [0.1, 0.15) is 0 Å². The predicted octanol–water partition coefficient (Wildman–Crippen LogP) is 3.13. The van der Waals surface area contributed by atoms with Gasteiger partial charge in [-0.25, -0.2) is 0 Å². The fourth-order valence-corrected chi connectivity index (χ4v) is 2.45. The van der Waals surface area contributed by atoms with Gasteiger partial charge in [-0.15, -0.1) is 0 Å². The van der Waals surface area contributed by atoms with E-state index >= 15 is 0 Å². The summed E-state index contributed by atoms with van der Waals surface area (Å²) in [6.07, 6.45) is 6.86. The van der Waals surface area contributed by atoms with E-state index in [0.717, 1.165) is 18.4 Å². The molecule has 2 nitrogen and oxygen atoms in total. The molecule has 0 saturated heterocycles. The molecule has 1 rings (SSSR count). The Balaban J connectivity index is 1.91. The van der Waals surface area contributed by atoms with Crippen LogP contribution in [-0.2, 0) is 0 Å². The molecule has 0 aromatic rings. The molecule has 1 aliphatic rings. The van der Waals surface area contributed by atoms with Crippen LogP contribution in [0.1, 0.15) is 52.9 Å². The van der Waals surface area contributed by atoms with Crippen molar-refractivity contribution in [1.29, 1.82) is 0 Å². The minimum absolute atomic E-state index is 0.690. The fourth-order valence-electron chi connectivity index (χ4n) is 2.45. The largest absolute Gasteiger partial charge is 0.313 e. The minimum Gasteiger partial charge on any atom is -0.313 e. The third kappa shape index (κ3) is 7.05. The monoisotopic (exact) mass is 240 g/mol. The summed E-state index contributed by atoms with van der Waals surface area (Å²) in [4.78, 5) is 2.49. The highest BCUT2D eigenvalue weighted by Gasteiger charge is 2.32. The van der Waals surface area contributed by atoms with Crippen LogP contribution in [0.25, 0.3) is 0 Å². The van der Waals surface area contributed by atoms with Crippen molar-refractivity contribution in [2.75, 3.05) is 26.7 Å². The van der Waals surface area contributed by atoms with Gasteiger partial charge in [0.05, 0.1) is 0 Å². The van der Waals surface area contributed by atoms with Gasteiger partial charge in [-0.3, -0.25) is 0 Å². The Bertz CT molecular complexity index is 193. The quantitative estimate of drug-likeness (QED) is 0.590. The van der Waals surface area contributed by atoms with Gasteiger partial charge in [-0.05, 0) is 38.6 Å². The molecule has 1 fully saturated rings. The van der Waals surface area contributed by atoms with Gasteiger partial charge in [0.25, 0.3) is 0 Å². The maximum atomic E-state index is 3.64. The first kappa shape index (κ1) is 15.0. The minimum atomic E-state index is 0.690. The summed E-state index contributed by atoms with van der Waals surface area (Å²) in [6, 6.07) is 0.690. The van der Waals surface area contributed by atoms with Crippen molar-refractivity contribution in [3.8, 4) is 0 Å². The lowest BCUT2D eigenvalue weighted by atomic mass is 10.1. The standard InChI is InChI=1S/C15H32N2/c1-5-6-7-8-14(3)16-9-10-17(4)12-15-11-13(15)2/h13-16H,5-12H2,1-4H3. The molecule has 0 spiro atoms. The van der Waals surface area contributed by atoms with Crippen molar-refractivity contribution in [3.05, 3.63) is 0 Å². The molecular weight excluding hydrogens is 208 g/mol. The summed E-state index contributed by atoms with van der Waals surface area (Å²) in [7, 11) is 2.26. The average Bonchev–Trinajstić information content (AvgIpc) is 2.94. The Hall–Kier alpha value is -0.0800. The first-order valence-electron chi connectivity index (χ1n) is 7.55. The van der Waals surface area contributed by atoms with E-state index in [-0.39, 0.29) is 0 Å². The Morgan fingerprint density at radius 2 is 2.06 bits per heavy atom. The molecule has 1 aliphatic carbocycles. The van der Waals surface area contributed by atoms with E-state index in [2.05, 4.69) is 38.0 Å². The van der Waals surface area contributed by atoms with Crippen LogP contribution in [0.2, 0.25) is 0 Å². The number of likely N-dealkylation sites (N-methyl/N-ethyl adjacent to an activating group) is 1.